The maximum absolute atomic E-state index is 2.34. The summed E-state index contributed by atoms with van der Waals surface area (Å²) in [6.45, 7) is 4.43. The average Bonchev–Trinajstić information content (AvgIpc) is 3.91. The molecule has 0 radical (unpaired) electrons. The fourth-order valence-corrected chi connectivity index (χ4v) is 10.7. The third kappa shape index (κ3) is 8.04. The van der Waals surface area contributed by atoms with Gasteiger partial charge in [0.05, 0.1) is 0 Å². The minimum atomic E-state index is -0.545. The molecule has 0 aromatic heterocycles. The molecule has 0 saturated carbocycles. The molecule has 0 aliphatic heterocycles. The third-order valence-electron chi connectivity index (χ3n) is 10.7. The van der Waals surface area contributed by atoms with Crippen LogP contribution in [-0.2, 0) is 32.0 Å². The first-order valence-corrected chi connectivity index (χ1v) is 23.5. The van der Waals surface area contributed by atoms with Gasteiger partial charge in [0.2, 0.25) is 0 Å². The van der Waals surface area contributed by atoms with Crippen molar-refractivity contribution in [2.75, 3.05) is 0 Å². The van der Waals surface area contributed by atoms with E-state index < -0.39 is 6.19 Å². The van der Waals surface area contributed by atoms with Gasteiger partial charge >= 0.3 is 96.4 Å². The minimum absolute atomic E-state index is 0.545. The summed E-state index contributed by atoms with van der Waals surface area (Å²) in [5.41, 5.74) is 8.15. The summed E-state index contributed by atoms with van der Waals surface area (Å²) in [6.07, 6.45) is 1.63. The van der Waals surface area contributed by atoms with E-state index in [0.29, 0.717) is 0 Å². The predicted octanol–water partition coefficient (Wildman–Crippen LogP) is 13.2. The molecule has 0 aliphatic rings. The number of fused-ring (bicyclic) bond motifs is 4. The van der Waals surface area contributed by atoms with Crippen molar-refractivity contribution in [2.45, 2.75) is 26.7 Å². The van der Waals surface area contributed by atoms with Crippen LogP contribution < -0.4 is 10.4 Å². The Morgan fingerprint density at radius 1 is 0.375 bits per heavy atom. The standard InChI is InChI=1S/2C21H17.C12H10Si.Ti/c2*1-2-15-13-17-9-6-12-20(21(17)14-15)19-11-5-8-16-7-3-4-10-18(16)19;1-3-7-11(8-4-1)13-12-9-5-2-6-10-12;/h2*3-14H,2H2,1H3;1-10H;/q2*-1;;+2. The molecular formula is C54H44SiTi. The Labute approximate surface area is 343 Å². The van der Waals surface area contributed by atoms with Crippen LogP contribution in [0.25, 0.3) is 65.3 Å². The molecule has 0 spiro atoms. The number of hydrogen-bond donors (Lipinski definition) is 0. The normalized spacial score (nSPS) is 10.9. The second-order valence-electron chi connectivity index (χ2n) is 14.2. The van der Waals surface area contributed by atoms with Gasteiger partial charge in [-0.3, -0.25) is 0 Å². The summed E-state index contributed by atoms with van der Waals surface area (Å²) >= 11 is 2.34. The van der Waals surface area contributed by atoms with E-state index in [-0.39, 0.29) is 0 Å². The maximum atomic E-state index is 2.34. The van der Waals surface area contributed by atoms with Crippen LogP contribution in [0.2, 0.25) is 0 Å². The molecule has 0 saturated heterocycles. The third-order valence-corrected chi connectivity index (χ3v) is 15.2. The van der Waals surface area contributed by atoms with E-state index in [2.05, 4.69) is 239 Å². The van der Waals surface area contributed by atoms with E-state index in [1.165, 1.54) is 86.8 Å². The van der Waals surface area contributed by atoms with Crippen molar-refractivity contribution >= 4 is 59.6 Å². The molecule has 268 valence electrons. The second-order valence-corrected chi connectivity index (χ2v) is 18.5. The molecule has 2 heteroatoms. The van der Waals surface area contributed by atoms with E-state index in [4.69, 9.17) is 0 Å². The van der Waals surface area contributed by atoms with Crippen LogP contribution in [0.1, 0.15) is 25.0 Å². The van der Waals surface area contributed by atoms with Gasteiger partial charge in [0.25, 0.3) is 0 Å². The first-order valence-electron chi connectivity index (χ1n) is 19.6. The summed E-state index contributed by atoms with van der Waals surface area (Å²) in [4.78, 5) is 0. The van der Waals surface area contributed by atoms with Crippen molar-refractivity contribution < 1.29 is 19.2 Å². The van der Waals surface area contributed by atoms with Crippen molar-refractivity contribution in [1.29, 1.82) is 0 Å². The van der Waals surface area contributed by atoms with Crippen molar-refractivity contribution in [3.63, 3.8) is 0 Å². The molecular weight excluding hydrogens is 725 g/mol. The molecule has 0 heterocycles. The Hall–Kier alpha value is -5.57. The Kier molecular flexibility index (Phi) is 11.7. The van der Waals surface area contributed by atoms with Crippen LogP contribution in [0.5, 0.6) is 0 Å². The van der Waals surface area contributed by atoms with Crippen LogP contribution >= 0.6 is 0 Å². The van der Waals surface area contributed by atoms with E-state index >= 15 is 0 Å². The molecule has 0 fully saturated rings. The molecule has 0 aliphatic carbocycles. The number of rotatable bonds is 6. The van der Waals surface area contributed by atoms with Crippen molar-refractivity contribution in [1.82, 2.24) is 0 Å². The van der Waals surface area contributed by atoms with Gasteiger partial charge in [0.1, 0.15) is 0 Å². The second kappa shape index (κ2) is 17.5. The Bertz CT molecular complexity index is 2680. The molecule has 0 unspecified atom stereocenters. The summed E-state index contributed by atoms with van der Waals surface area (Å²) in [5, 5.41) is 13.6. The van der Waals surface area contributed by atoms with E-state index in [1.807, 2.05) is 0 Å². The summed E-state index contributed by atoms with van der Waals surface area (Å²) in [7, 11) is 0. The quantitative estimate of drug-likeness (QED) is 0.117. The Morgan fingerprint density at radius 3 is 1.12 bits per heavy atom. The van der Waals surface area contributed by atoms with E-state index in [9.17, 15) is 0 Å². The molecule has 10 aromatic rings. The molecule has 10 aromatic carbocycles. The SMILES string of the molecule is CCc1cc2c(-c3cccc4ccccc34)cccc2[cH-]1.CCc1cc2c(-c3cccc4ccccc34)cccc2[cH-]1.[Ti+2]=[Si](c1ccccc1)c1ccccc1. The topological polar surface area (TPSA) is 0 Å². The predicted molar refractivity (Wildman–Crippen MR) is 242 cm³/mol. The van der Waals surface area contributed by atoms with Crippen LogP contribution in [0.15, 0.2) is 206 Å². The molecule has 0 bridgehead atoms. The van der Waals surface area contributed by atoms with Gasteiger partial charge in [-0.15, -0.1) is 69.1 Å². The van der Waals surface area contributed by atoms with Crippen molar-refractivity contribution in [3.8, 4) is 22.3 Å². The van der Waals surface area contributed by atoms with E-state index in [1.54, 1.807) is 0 Å². The van der Waals surface area contributed by atoms with Gasteiger partial charge < -0.3 is 0 Å². The summed E-state index contributed by atoms with van der Waals surface area (Å²) in [5.74, 6) is 0. The molecule has 0 N–H and O–H groups in total. The van der Waals surface area contributed by atoms with Gasteiger partial charge in [-0.1, -0.05) is 122 Å². The fraction of sp³-hybridized carbons (Fsp3) is 0.0741. The molecule has 0 amide bonds. The van der Waals surface area contributed by atoms with E-state index in [0.717, 1.165) is 12.8 Å². The monoisotopic (exact) mass is 768 g/mol. The van der Waals surface area contributed by atoms with Crippen LogP contribution in [0.4, 0.5) is 0 Å². The first kappa shape index (κ1) is 37.4. The van der Waals surface area contributed by atoms with Crippen LogP contribution in [0, 0.1) is 0 Å². The Morgan fingerprint density at radius 2 is 0.714 bits per heavy atom. The zero-order valence-electron chi connectivity index (χ0n) is 32.0. The molecule has 0 nitrogen and oxygen atoms in total. The number of aryl methyl sites for hydroxylation is 2. The van der Waals surface area contributed by atoms with Gasteiger partial charge in [-0.05, 0) is 45.5 Å². The van der Waals surface area contributed by atoms with Crippen molar-refractivity contribution in [3.05, 3.63) is 217 Å². The van der Waals surface area contributed by atoms with Gasteiger partial charge in [-0.2, -0.15) is 12.1 Å². The first-order chi connectivity index (χ1) is 27.6. The zero-order chi connectivity index (χ0) is 38.3. The van der Waals surface area contributed by atoms with Crippen LogP contribution in [-0.4, -0.2) is 6.19 Å². The number of hydrogen-bond acceptors (Lipinski definition) is 0. The molecule has 10 rings (SSSR count). The summed E-state index contributed by atoms with van der Waals surface area (Å²) < 4.78 is 0. The number of benzene rings is 8. The Balaban J connectivity index is 0.000000121. The zero-order valence-corrected chi connectivity index (χ0v) is 34.6. The average molecular weight is 769 g/mol. The van der Waals surface area contributed by atoms with Crippen LogP contribution in [0.3, 0.4) is 0 Å². The van der Waals surface area contributed by atoms with Crippen molar-refractivity contribution in [2.24, 2.45) is 0 Å². The van der Waals surface area contributed by atoms with Gasteiger partial charge in [-0.25, -0.2) is 0 Å². The van der Waals surface area contributed by atoms with Gasteiger partial charge in [0.15, 0.2) is 0 Å². The fourth-order valence-electron chi connectivity index (χ4n) is 7.77. The molecule has 56 heavy (non-hydrogen) atoms. The molecule has 0 atom stereocenters. The summed E-state index contributed by atoms with van der Waals surface area (Å²) in [6, 6.07) is 74.4. The van der Waals surface area contributed by atoms with Gasteiger partial charge in [0, 0.05) is 0 Å².